The van der Waals surface area contributed by atoms with E-state index >= 15 is 0 Å². The van der Waals surface area contributed by atoms with Crippen LogP contribution in [0, 0.1) is 5.82 Å². The van der Waals surface area contributed by atoms with Crippen LogP contribution in [-0.2, 0) is 13.1 Å². The summed E-state index contributed by atoms with van der Waals surface area (Å²) >= 11 is 6.35. The quantitative estimate of drug-likeness (QED) is 0.586. The number of amides is 2. The maximum absolute atomic E-state index is 14.9. The molecule has 4 heterocycles. The third-order valence-corrected chi connectivity index (χ3v) is 6.08. The molecule has 2 aliphatic heterocycles. The van der Waals surface area contributed by atoms with Gasteiger partial charge in [-0.1, -0.05) is 11.6 Å². The topological polar surface area (TPSA) is 90.8 Å². The van der Waals surface area contributed by atoms with Crippen molar-refractivity contribution in [2.75, 3.05) is 5.32 Å². The fourth-order valence-electron chi connectivity index (χ4n) is 4.34. The molecule has 2 aliphatic rings. The summed E-state index contributed by atoms with van der Waals surface area (Å²) in [6.07, 6.45) is 4.71. The van der Waals surface area contributed by atoms with Gasteiger partial charge in [0, 0.05) is 54.1 Å². The lowest BCUT2D eigenvalue weighted by molar-refractivity contribution is -0.460. The van der Waals surface area contributed by atoms with Crippen LogP contribution in [0.15, 0.2) is 41.5 Å². The fourth-order valence-corrected chi connectivity index (χ4v) is 4.61. The molecule has 0 unspecified atom stereocenters. The number of halogens is 3. The van der Waals surface area contributed by atoms with Crippen molar-refractivity contribution in [1.29, 1.82) is 0 Å². The summed E-state index contributed by atoms with van der Waals surface area (Å²) in [4.78, 5) is 28.6. The van der Waals surface area contributed by atoms with Crippen LogP contribution in [0.2, 0.25) is 5.02 Å². The molecule has 0 saturated heterocycles. The highest BCUT2D eigenvalue weighted by molar-refractivity contribution is 6.33. The molecule has 5 rings (SSSR count). The largest absolute Gasteiger partial charge is 0.496 e. The molecule has 2 amide bonds. The molecule has 2 bridgehead atoms. The lowest BCUT2D eigenvalue weighted by Gasteiger charge is -2.18. The number of hydrogen-bond donors (Lipinski definition) is 2. The molecule has 1 aromatic carbocycles. The summed E-state index contributed by atoms with van der Waals surface area (Å²) in [6.45, 7) is -0.698. The van der Waals surface area contributed by atoms with Crippen LogP contribution in [0.4, 0.5) is 19.3 Å². The Bertz CT molecular complexity index is 1350. The first-order chi connectivity index (χ1) is 15.4. The van der Waals surface area contributed by atoms with Gasteiger partial charge < -0.3 is 0 Å². The molecule has 3 aromatic rings. The van der Waals surface area contributed by atoms with Crippen LogP contribution in [0.5, 0.6) is 0 Å². The fraction of sp³-hybridized carbons (Fsp3) is 0.227. The van der Waals surface area contributed by atoms with Crippen LogP contribution in [-0.4, -0.2) is 37.5 Å². The first-order valence-corrected chi connectivity index (χ1v) is 10.4. The molecule has 0 aliphatic carbocycles. The Balaban J connectivity index is 1.46. The number of carbonyl (C=O) groups is 1. The molecule has 0 saturated carbocycles. The lowest BCUT2D eigenvalue weighted by Crippen LogP contribution is -2.40. The lowest BCUT2D eigenvalue weighted by atomic mass is 10.0. The minimum absolute atomic E-state index is 0.0708. The average Bonchev–Trinajstić information content (AvgIpc) is 3.11. The Morgan fingerprint density at radius 1 is 1.28 bits per heavy atom. The number of hydrogen-bond acceptors (Lipinski definition) is 4. The van der Waals surface area contributed by atoms with Crippen molar-refractivity contribution in [3.63, 3.8) is 0 Å². The molecule has 0 fully saturated rings. The van der Waals surface area contributed by atoms with E-state index in [0.29, 0.717) is 40.9 Å². The summed E-state index contributed by atoms with van der Waals surface area (Å²) < 4.78 is 29.4. The van der Waals surface area contributed by atoms with Crippen molar-refractivity contribution >= 4 is 29.0 Å². The van der Waals surface area contributed by atoms with Crippen molar-refractivity contribution < 1.29 is 18.2 Å². The minimum atomic E-state index is -0.698. The van der Waals surface area contributed by atoms with E-state index in [-0.39, 0.29) is 22.3 Å². The summed E-state index contributed by atoms with van der Waals surface area (Å²) in [7, 11) is 0. The molecule has 0 spiro atoms. The Labute approximate surface area is 185 Å². The maximum atomic E-state index is 14.9. The second-order valence-corrected chi connectivity index (χ2v) is 8.18. The number of rotatable bonds is 3. The van der Waals surface area contributed by atoms with Gasteiger partial charge in [0.1, 0.15) is 24.1 Å². The van der Waals surface area contributed by atoms with E-state index in [1.165, 1.54) is 30.6 Å². The third kappa shape index (κ3) is 3.48. The van der Waals surface area contributed by atoms with E-state index in [9.17, 15) is 18.4 Å². The number of alkyl halides is 1. The molecular formula is C22H17ClF2N5O2+. The van der Waals surface area contributed by atoms with Crippen LogP contribution in [0.25, 0.3) is 11.1 Å². The average molecular weight is 457 g/mol. The van der Waals surface area contributed by atoms with Gasteiger partial charge >= 0.3 is 6.03 Å². The third-order valence-electron chi connectivity index (χ3n) is 5.76. The number of fused-ring (bicyclic) bond motifs is 3. The highest BCUT2D eigenvalue weighted by Gasteiger charge is 2.42. The van der Waals surface area contributed by atoms with E-state index in [2.05, 4.69) is 20.5 Å². The van der Waals surface area contributed by atoms with Gasteiger partial charge in [-0.2, -0.15) is 14.5 Å². The molecule has 1 atom stereocenters. The molecule has 2 N–H and O–H groups in total. The Kier molecular flexibility index (Phi) is 5.05. The summed E-state index contributed by atoms with van der Waals surface area (Å²) in [5.74, 6) is -0.680. The van der Waals surface area contributed by atoms with Gasteiger partial charge in [0.2, 0.25) is 0 Å². The molecule has 162 valence electrons. The van der Waals surface area contributed by atoms with Crippen LogP contribution in [0.3, 0.4) is 0 Å². The highest BCUT2D eigenvalue weighted by Crippen LogP contribution is 2.33. The van der Waals surface area contributed by atoms with E-state index in [1.54, 1.807) is 10.6 Å². The summed E-state index contributed by atoms with van der Waals surface area (Å²) in [6, 6.07) is 4.94. The van der Waals surface area contributed by atoms with Crippen molar-refractivity contribution in [3.8, 4) is 11.1 Å². The zero-order valence-electron chi connectivity index (χ0n) is 16.7. The first kappa shape index (κ1) is 20.4. The number of urea groups is 1. The van der Waals surface area contributed by atoms with Crippen molar-refractivity contribution in [1.82, 2.24) is 15.2 Å². The predicted molar refractivity (Wildman–Crippen MR) is 114 cm³/mol. The summed E-state index contributed by atoms with van der Waals surface area (Å²) in [5, 5.41) is 9.30. The molecule has 10 heteroatoms. The maximum Gasteiger partial charge on any atom is 0.496 e. The smallest absolute Gasteiger partial charge is 0.268 e. The minimum Gasteiger partial charge on any atom is -0.268 e. The zero-order valence-corrected chi connectivity index (χ0v) is 17.4. The number of aromatic amines is 1. The molecular weight excluding hydrogens is 440 g/mol. The number of nitrogens with one attached hydrogen (secondary N) is 2. The molecule has 0 radical (unpaired) electrons. The van der Waals surface area contributed by atoms with Gasteiger partial charge in [0.05, 0.1) is 5.02 Å². The Hall–Kier alpha value is -3.46. The van der Waals surface area contributed by atoms with Gasteiger partial charge in [-0.25, -0.2) is 19.2 Å². The molecule has 7 nitrogen and oxygen atoms in total. The number of H-pyrrole nitrogens is 1. The van der Waals surface area contributed by atoms with Crippen molar-refractivity contribution in [2.45, 2.75) is 32.0 Å². The molecule has 32 heavy (non-hydrogen) atoms. The predicted octanol–water partition coefficient (Wildman–Crippen LogP) is 3.85. The monoisotopic (exact) mass is 456 g/mol. The van der Waals surface area contributed by atoms with E-state index in [4.69, 9.17) is 11.6 Å². The van der Waals surface area contributed by atoms with E-state index in [0.717, 1.165) is 12.0 Å². The SMILES string of the molecule is O=C(Nc1cc(Cl)c(-c2cncc(CF)c2)cc1F)[N+]1=C2CC[C@H]1Cc1cc(=O)[nH]nc12. The second kappa shape index (κ2) is 7.90. The van der Waals surface area contributed by atoms with Crippen LogP contribution in [0.1, 0.15) is 29.7 Å². The van der Waals surface area contributed by atoms with Gasteiger partial charge in [0.15, 0.2) is 11.5 Å². The van der Waals surface area contributed by atoms with Crippen LogP contribution < -0.4 is 10.9 Å². The number of anilines is 1. The van der Waals surface area contributed by atoms with E-state index in [1.807, 2.05) is 0 Å². The normalized spacial score (nSPS) is 16.8. The number of carbonyl (C=O) groups excluding carboxylic acids is 1. The van der Waals surface area contributed by atoms with Gasteiger partial charge in [-0.05, 0) is 24.1 Å². The highest BCUT2D eigenvalue weighted by atomic mass is 35.5. The number of pyridine rings is 1. The zero-order chi connectivity index (χ0) is 22.4. The Morgan fingerprint density at radius 2 is 2.12 bits per heavy atom. The number of benzene rings is 1. The van der Waals surface area contributed by atoms with Crippen molar-refractivity contribution in [3.05, 3.63) is 74.7 Å². The first-order valence-electron chi connectivity index (χ1n) is 9.99. The number of aromatic nitrogens is 3. The van der Waals surface area contributed by atoms with Gasteiger partial charge in [-0.3, -0.25) is 9.78 Å². The Morgan fingerprint density at radius 3 is 2.94 bits per heavy atom. The second-order valence-electron chi connectivity index (χ2n) is 7.78. The van der Waals surface area contributed by atoms with E-state index < -0.39 is 18.5 Å². The van der Waals surface area contributed by atoms with Crippen molar-refractivity contribution in [2.24, 2.45) is 0 Å². The standard InChI is InChI=1S/C22H16ClF2N5O2/c23-16-7-18(17(25)6-15(16)13-3-11(8-24)9-26-10-13)27-22(32)30-14-1-2-19(30)21-12(4-14)5-20(31)28-29-21/h3,5-7,9-10,14H,1-2,4,8H2,(H,27,32)/p+1/t14-/m0/s1. The molecule has 2 aromatic heterocycles. The van der Waals surface area contributed by atoms with Crippen LogP contribution >= 0.6 is 11.6 Å². The van der Waals surface area contributed by atoms with Gasteiger partial charge in [-0.15, -0.1) is 0 Å². The summed E-state index contributed by atoms with van der Waals surface area (Å²) in [5.41, 5.74) is 2.90. The van der Waals surface area contributed by atoms with Gasteiger partial charge in [0.25, 0.3) is 5.56 Å². The number of nitrogens with zero attached hydrogens (tertiary/aromatic N) is 3.